The van der Waals surface area contributed by atoms with Crippen LogP contribution in [0.1, 0.15) is 26.2 Å². The lowest BCUT2D eigenvalue weighted by atomic mass is 10.1. The predicted octanol–water partition coefficient (Wildman–Crippen LogP) is 0.539. The zero-order valence-electron chi connectivity index (χ0n) is 10.8. The van der Waals surface area contributed by atoms with Crippen molar-refractivity contribution >= 4 is 5.91 Å². The molecule has 94 valence electrons. The summed E-state index contributed by atoms with van der Waals surface area (Å²) >= 11 is 0. The maximum atomic E-state index is 11.9. The first kappa shape index (κ1) is 13.5. The topological polar surface area (TPSA) is 35.6 Å². The Bertz CT molecular complexity index is 220. The molecule has 1 aliphatic heterocycles. The molecule has 1 rings (SSSR count). The molecule has 0 saturated carbocycles. The first-order valence-electron chi connectivity index (χ1n) is 6.29. The third-order valence-corrected chi connectivity index (χ3v) is 3.15. The van der Waals surface area contributed by atoms with Gasteiger partial charge in [0.1, 0.15) is 0 Å². The molecule has 0 aromatic heterocycles. The van der Waals surface area contributed by atoms with E-state index in [0.29, 0.717) is 12.5 Å². The highest BCUT2D eigenvalue weighted by Gasteiger charge is 2.20. The summed E-state index contributed by atoms with van der Waals surface area (Å²) < 4.78 is 0. The van der Waals surface area contributed by atoms with Crippen LogP contribution in [0, 0.1) is 0 Å². The third kappa shape index (κ3) is 4.49. The molecule has 1 N–H and O–H groups in total. The van der Waals surface area contributed by atoms with E-state index < -0.39 is 0 Å². The van der Waals surface area contributed by atoms with Gasteiger partial charge in [-0.05, 0) is 13.5 Å². The van der Waals surface area contributed by atoms with Gasteiger partial charge in [-0.25, -0.2) is 0 Å². The average Bonchev–Trinajstić information content (AvgIpc) is 2.25. The summed E-state index contributed by atoms with van der Waals surface area (Å²) in [5.41, 5.74) is 0. The van der Waals surface area contributed by atoms with Crippen molar-refractivity contribution < 1.29 is 4.79 Å². The fourth-order valence-electron chi connectivity index (χ4n) is 2.01. The average molecular weight is 227 g/mol. The number of unbranched alkanes of at least 4 members (excludes halogenated alkanes) is 1. The second-order valence-corrected chi connectivity index (χ2v) is 4.79. The lowest BCUT2D eigenvalue weighted by Crippen LogP contribution is -2.50. The van der Waals surface area contributed by atoms with Gasteiger partial charge in [-0.2, -0.15) is 0 Å². The molecule has 0 radical (unpaired) electrons. The van der Waals surface area contributed by atoms with Crippen molar-refractivity contribution in [3.05, 3.63) is 0 Å². The van der Waals surface area contributed by atoms with Gasteiger partial charge in [0.05, 0.1) is 0 Å². The molecule has 0 aliphatic carbocycles. The van der Waals surface area contributed by atoms with Crippen LogP contribution < -0.4 is 5.32 Å². The summed E-state index contributed by atoms with van der Waals surface area (Å²) in [6.45, 7) is 6.09. The first-order chi connectivity index (χ1) is 7.63. The second-order valence-electron chi connectivity index (χ2n) is 4.79. The van der Waals surface area contributed by atoms with Gasteiger partial charge in [-0.3, -0.25) is 4.79 Å². The highest BCUT2D eigenvalue weighted by Crippen LogP contribution is 2.04. The van der Waals surface area contributed by atoms with Crippen LogP contribution >= 0.6 is 0 Å². The maximum absolute atomic E-state index is 11.9. The predicted molar refractivity (Wildman–Crippen MR) is 66.4 cm³/mol. The molecule has 4 nitrogen and oxygen atoms in total. The molecule has 0 aromatic carbocycles. The first-order valence-corrected chi connectivity index (χ1v) is 6.29. The molecule has 16 heavy (non-hydrogen) atoms. The molecule has 1 unspecified atom stereocenters. The number of hydrogen-bond acceptors (Lipinski definition) is 3. The zero-order valence-corrected chi connectivity index (χ0v) is 10.8. The SMILES string of the molecule is CCCCN(C)C(=O)CC1CN(C)CCN1. The molecular weight excluding hydrogens is 202 g/mol. The Labute approximate surface area is 99.0 Å². The quantitative estimate of drug-likeness (QED) is 0.744. The molecule has 0 bridgehead atoms. The van der Waals surface area contributed by atoms with Gasteiger partial charge < -0.3 is 15.1 Å². The Balaban J connectivity index is 2.26. The molecule has 0 spiro atoms. The van der Waals surface area contributed by atoms with Crippen LogP contribution in [0.25, 0.3) is 0 Å². The molecule has 1 aliphatic rings. The van der Waals surface area contributed by atoms with Crippen molar-refractivity contribution in [2.24, 2.45) is 0 Å². The summed E-state index contributed by atoms with van der Waals surface area (Å²) in [6.07, 6.45) is 2.87. The standard InChI is InChI=1S/C12H25N3O/c1-4-5-7-15(3)12(16)9-11-10-14(2)8-6-13-11/h11,13H,4-10H2,1-3H3. The Morgan fingerprint density at radius 2 is 2.31 bits per heavy atom. The fourth-order valence-corrected chi connectivity index (χ4v) is 2.01. The van der Waals surface area contributed by atoms with Gasteiger partial charge in [0, 0.05) is 45.7 Å². The minimum absolute atomic E-state index is 0.265. The van der Waals surface area contributed by atoms with E-state index in [1.807, 2.05) is 11.9 Å². The van der Waals surface area contributed by atoms with Crippen LogP contribution in [0.2, 0.25) is 0 Å². The molecule has 1 atom stereocenters. The van der Waals surface area contributed by atoms with Gasteiger partial charge >= 0.3 is 0 Å². The Morgan fingerprint density at radius 1 is 1.56 bits per heavy atom. The largest absolute Gasteiger partial charge is 0.346 e. The Kier molecular flexibility index (Phi) is 5.77. The van der Waals surface area contributed by atoms with E-state index in [9.17, 15) is 4.79 Å². The number of amides is 1. The van der Waals surface area contributed by atoms with Gasteiger partial charge in [0.2, 0.25) is 5.91 Å². The van der Waals surface area contributed by atoms with Gasteiger partial charge in [-0.15, -0.1) is 0 Å². The van der Waals surface area contributed by atoms with Crippen LogP contribution in [0.5, 0.6) is 0 Å². The van der Waals surface area contributed by atoms with Crippen LogP contribution in [-0.2, 0) is 4.79 Å². The van der Waals surface area contributed by atoms with Gasteiger partial charge in [-0.1, -0.05) is 13.3 Å². The van der Waals surface area contributed by atoms with Crippen LogP contribution in [0.3, 0.4) is 0 Å². The van der Waals surface area contributed by atoms with E-state index in [2.05, 4.69) is 24.2 Å². The summed E-state index contributed by atoms with van der Waals surface area (Å²) in [5.74, 6) is 0.265. The van der Waals surface area contributed by atoms with E-state index in [1.165, 1.54) is 0 Å². The van der Waals surface area contributed by atoms with E-state index in [0.717, 1.165) is 39.0 Å². The minimum atomic E-state index is 0.265. The normalized spacial score (nSPS) is 22.1. The van der Waals surface area contributed by atoms with Crippen molar-refractivity contribution in [1.82, 2.24) is 15.1 Å². The van der Waals surface area contributed by atoms with Crippen LogP contribution in [0.15, 0.2) is 0 Å². The number of rotatable bonds is 5. The maximum Gasteiger partial charge on any atom is 0.223 e. The monoisotopic (exact) mass is 227 g/mol. The van der Waals surface area contributed by atoms with E-state index in [4.69, 9.17) is 0 Å². The Morgan fingerprint density at radius 3 is 2.94 bits per heavy atom. The van der Waals surface area contributed by atoms with Crippen molar-refractivity contribution in [3.8, 4) is 0 Å². The summed E-state index contributed by atoms with van der Waals surface area (Å²) in [6, 6.07) is 0.329. The lowest BCUT2D eigenvalue weighted by Gasteiger charge is -2.31. The molecule has 1 amide bonds. The number of piperazine rings is 1. The molecular formula is C12H25N3O. The van der Waals surface area contributed by atoms with E-state index >= 15 is 0 Å². The zero-order chi connectivity index (χ0) is 12.0. The summed E-state index contributed by atoms with van der Waals surface area (Å²) in [7, 11) is 4.02. The van der Waals surface area contributed by atoms with Crippen molar-refractivity contribution in [2.75, 3.05) is 40.3 Å². The van der Waals surface area contributed by atoms with Crippen molar-refractivity contribution in [1.29, 1.82) is 0 Å². The number of nitrogens with zero attached hydrogens (tertiary/aromatic N) is 2. The molecule has 1 heterocycles. The highest BCUT2D eigenvalue weighted by molar-refractivity contribution is 5.76. The number of carbonyl (C=O) groups is 1. The highest BCUT2D eigenvalue weighted by atomic mass is 16.2. The van der Waals surface area contributed by atoms with Crippen molar-refractivity contribution in [3.63, 3.8) is 0 Å². The van der Waals surface area contributed by atoms with E-state index in [1.54, 1.807) is 0 Å². The van der Waals surface area contributed by atoms with Crippen molar-refractivity contribution in [2.45, 2.75) is 32.2 Å². The van der Waals surface area contributed by atoms with Gasteiger partial charge in [0.25, 0.3) is 0 Å². The van der Waals surface area contributed by atoms with E-state index in [-0.39, 0.29) is 5.91 Å². The summed E-state index contributed by atoms with van der Waals surface area (Å²) in [5, 5.41) is 3.40. The van der Waals surface area contributed by atoms with Crippen LogP contribution in [0.4, 0.5) is 0 Å². The number of hydrogen-bond donors (Lipinski definition) is 1. The lowest BCUT2D eigenvalue weighted by molar-refractivity contribution is -0.130. The fraction of sp³-hybridized carbons (Fsp3) is 0.917. The molecule has 1 fully saturated rings. The Hall–Kier alpha value is -0.610. The second kappa shape index (κ2) is 6.86. The molecule has 4 heteroatoms. The summed E-state index contributed by atoms with van der Waals surface area (Å²) in [4.78, 5) is 16.0. The number of likely N-dealkylation sites (N-methyl/N-ethyl adjacent to an activating group) is 1. The van der Waals surface area contributed by atoms with Crippen LogP contribution in [-0.4, -0.2) is 62.0 Å². The third-order valence-electron chi connectivity index (χ3n) is 3.15. The smallest absolute Gasteiger partial charge is 0.223 e. The van der Waals surface area contributed by atoms with Gasteiger partial charge in [0.15, 0.2) is 0 Å². The minimum Gasteiger partial charge on any atom is -0.346 e. The number of nitrogens with one attached hydrogen (secondary N) is 1. The molecule has 0 aromatic rings. The molecule has 1 saturated heterocycles. The number of carbonyl (C=O) groups excluding carboxylic acids is 1.